The number of ether oxygens (including phenoxy) is 1. The molecule has 3 aromatic rings. The minimum absolute atomic E-state index is 0.118. The fourth-order valence-corrected chi connectivity index (χ4v) is 3.03. The van der Waals surface area contributed by atoms with Crippen LogP contribution >= 0.6 is 0 Å². The highest BCUT2D eigenvalue weighted by Gasteiger charge is 2.14. The van der Waals surface area contributed by atoms with Gasteiger partial charge in [0.15, 0.2) is 0 Å². The van der Waals surface area contributed by atoms with E-state index in [0.717, 1.165) is 40.5 Å². The van der Waals surface area contributed by atoms with Gasteiger partial charge in [-0.05, 0) is 64.4 Å². The minimum Gasteiger partial charge on any atom is -0.493 e. The average Bonchev–Trinajstić information content (AvgIpc) is 2.96. The molecule has 2 heterocycles. The molecule has 0 saturated heterocycles. The summed E-state index contributed by atoms with van der Waals surface area (Å²) in [5.41, 5.74) is 5.36. The summed E-state index contributed by atoms with van der Waals surface area (Å²) < 4.78 is 8.09. The van der Waals surface area contributed by atoms with Crippen LogP contribution in [-0.2, 0) is 0 Å². The van der Waals surface area contributed by atoms with Gasteiger partial charge < -0.3 is 14.3 Å². The summed E-state index contributed by atoms with van der Waals surface area (Å²) in [4.78, 5) is 19.7. The van der Waals surface area contributed by atoms with E-state index in [4.69, 9.17) is 4.74 Å². The molecule has 3 rings (SSSR count). The number of benzene rings is 1. The third kappa shape index (κ3) is 3.29. The highest BCUT2D eigenvalue weighted by molar-refractivity contribution is 5.68. The predicted molar refractivity (Wildman–Crippen MR) is 104 cm³/mol. The summed E-state index contributed by atoms with van der Waals surface area (Å²) in [7, 11) is 0. The van der Waals surface area contributed by atoms with Crippen LogP contribution in [0.1, 0.15) is 36.0 Å². The Kier molecular flexibility index (Phi) is 4.98. The number of rotatable bonds is 5. The Morgan fingerprint density at radius 3 is 2.38 bits per heavy atom. The van der Waals surface area contributed by atoms with Gasteiger partial charge in [-0.25, -0.2) is 4.98 Å². The quantitative estimate of drug-likeness (QED) is 0.747. The molecule has 0 unspecified atom stereocenters. The van der Waals surface area contributed by atoms with Gasteiger partial charge in [0.05, 0.1) is 12.2 Å². The number of aromatic amines is 1. The van der Waals surface area contributed by atoms with Crippen molar-refractivity contribution in [1.82, 2.24) is 14.5 Å². The second-order valence-corrected chi connectivity index (χ2v) is 6.61. The summed E-state index contributed by atoms with van der Waals surface area (Å²) in [6, 6.07) is 10.2. The zero-order valence-electron chi connectivity index (χ0n) is 16.0. The monoisotopic (exact) mass is 351 g/mol. The van der Waals surface area contributed by atoms with E-state index in [1.807, 2.05) is 25.1 Å². The highest BCUT2D eigenvalue weighted by atomic mass is 16.5. The SMILES string of the molecule is CCCOc1ccc(-n2c(C)ccc2C)cc1-c1nc(C)c(C)c(=O)[nH]1. The van der Waals surface area contributed by atoms with Crippen LogP contribution in [0.25, 0.3) is 17.1 Å². The lowest BCUT2D eigenvalue weighted by Crippen LogP contribution is -2.15. The molecule has 0 saturated carbocycles. The molecule has 136 valence electrons. The first-order chi connectivity index (χ1) is 12.4. The van der Waals surface area contributed by atoms with Crippen LogP contribution in [0.15, 0.2) is 35.1 Å². The summed E-state index contributed by atoms with van der Waals surface area (Å²) in [5, 5.41) is 0. The van der Waals surface area contributed by atoms with Gasteiger partial charge in [0.1, 0.15) is 11.6 Å². The van der Waals surface area contributed by atoms with E-state index in [9.17, 15) is 4.79 Å². The lowest BCUT2D eigenvalue weighted by Gasteiger charge is -2.15. The van der Waals surface area contributed by atoms with Gasteiger partial charge in [-0.1, -0.05) is 6.92 Å². The van der Waals surface area contributed by atoms with E-state index in [1.165, 1.54) is 0 Å². The second-order valence-electron chi connectivity index (χ2n) is 6.61. The molecule has 0 spiro atoms. The Bertz CT molecular complexity index is 979. The fourth-order valence-electron chi connectivity index (χ4n) is 3.03. The molecule has 1 aromatic carbocycles. The molecular formula is C21H25N3O2. The van der Waals surface area contributed by atoms with Crippen LogP contribution in [0.2, 0.25) is 0 Å². The first-order valence-electron chi connectivity index (χ1n) is 8.92. The smallest absolute Gasteiger partial charge is 0.254 e. The molecule has 0 aliphatic carbocycles. The van der Waals surface area contributed by atoms with Gasteiger partial charge in [-0.15, -0.1) is 0 Å². The van der Waals surface area contributed by atoms with Crippen molar-refractivity contribution in [3.05, 3.63) is 63.3 Å². The van der Waals surface area contributed by atoms with Crippen LogP contribution in [0.5, 0.6) is 5.75 Å². The average molecular weight is 351 g/mol. The first-order valence-corrected chi connectivity index (χ1v) is 8.92. The number of nitrogens with one attached hydrogen (secondary N) is 1. The van der Waals surface area contributed by atoms with E-state index in [1.54, 1.807) is 6.92 Å². The molecule has 0 aliphatic rings. The molecular weight excluding hydrogens is 326 g/mol. The Labute approximate surface area is 153 Å². The minimum atomic E-state index is -0.118. The van der Waals surface area contributed by atoms with Gasteiger partial charge in [0.25, 0.3) is 5.56 Å². The molecule has 2 aromatic heterocycles. The normalized spacial score (nSPS) is 11.0. The molecule has 0 aliphatic heterocycles. The first kappa shape index (κ1) is 18.0. The molecule has 5 nitrogen and oxygen atoms in total. The van der Waals surface area contributed by atoms with Crippen LogP contribution in [-0.4, -0.2) is 21.1 Å². The highest BCUT2D eigenvalue weighted by Crippen LogP contribution is 2.31. The van der Waals surface area contributed by atoms with Crippen LogP contribution in [0.3, 0.4) is 0 Å². The van der Waals surface area contributed by atoms with Crippen molar-refractivity contribution < 1.29 is 4.74 Å². The Morgan fingerprint density at radius 1 is 1.08 bits per heavy atom. The molecule has 0 bridgehead atoms. The summed E-state index contributed by atoms with van der Waals surface area (Å²) >= 11 is 0. The van der Waals surface area contributed by atoms with Gasteiger partial charge in [-0.3, -0.25) is 4.79 Å². The second kappa shape index (κ2) is 7.20. The summed E-state index contributed by atoms with van der Waals surface area (Å²) in [6.45, 7) is 10.5. The maximum absolute atomic E-state index is 12.2. The van der Waals surface area contributed by atoms with Crippen LogP contribution in [0, 0.1) is 27.7 Å². The fraction of sp³-hybridized carbons (Fsp3) is 0.333. The van der Waals surface area contributed by atoms with Crippen molar-refractivity contribution >= 4 is 0 Å². The van der Waals surface area contributed by atoms with E-state index < -0.39 is 0 Å². The predicted octanol–water partition coefficient (Wildman–Crippen LogP) is 4.25. The van der Waals surface area contributed by atoms with Crippen LogP contribution < -0.4 is 10.3 Å². The van der Waals surface area contributed by atoms with E-state index in [0.29, 0.717) is 18.0 Å². The van der Waals surface area contributed by atoms with Crippen molar-refractivity contribution in [2.24, 2.45) is 0 Å². The number of aromatic nitrogens is 3. The lowest BCUT2D eigenvalue weighted by atomic mass is 10.1. The summed E-state index contributed by atoms with van der Waals surface area (Å²) in [6.07, 6.45) is 0.911. The zero-order chi connectivity index (χ0) is 18.8. The molecule has 0 radical (unpaired) electrons. The van der Waals surface area contributed by atoms with Gasteiger partial charge >= 0.3 is 0 Å². The van der Waals surface area contributed by atoms with Crippen molar-refractivity contribution in [1.29, 1.82) is 0 Å². The number of hydrogen-bond donors (Lipinski definition) is 1. The van der Waals surface area contributed by atoms with Crippen molar-refractivity contribution in [2.75, 3.05) is 6.61 Å². The van der Waals surface area contributed by atoms with E-state index in [-0.39, 0.29) is 5.56 Å². The third-order valence-electron chi connectivity index (χ3n) is 4.60. The molecule has 0 atom stereocenters. The van der Waals surface area contributed by atoms with Gasteiger partial charge in [0, 0.05) is 28.3 Å². The maximum atomic E-state index is 12.2. The Morgan fingerprint density at radius 2 is 1.77 bits per heavy atom. The number of H-pyrrole nitrogens is 1. The standard InChI is InChI=1S/C21H25N3O2/c1-6-11-26-19-10-9-17(24-13(2)7-8-14(24)3)12-18(19)20-22-16(5)15(4)21(25)23-20/h7-10,12H,6,11H2,1-5H3,(H,22,23,25). The van der Waals surface area contributed by atoms with Gasteiger partial charge in [-0.2, -0.15) is 0 Å². The molecule has 26 heavy (non-hydrogen) atoms. The number of nitrogens with zero attached hydrogens (tertiary/aromatic N) is 2. The number of aryl methyl sites for hydroxylation is 3. The van der Waals surface area contributed by atoms with Gasteiger partial charge in [0.2, 0.25) is 0 Å². The van der Waals surface area contributed by atoms with Crippen LogP contribution in [0.4, 0.5) is 0 Å². The third-order valence-corrected chi connectivity index (χ3v) is 4.60. The zero-order valence-corrected chi connectivity index (χ0v) is 16.0. The summed E-state index contributed by atoms with van der Waals surface area (Å²) in [5.74, 6) is 1.26. The molecule has 0 fully saturated rings. The van der Waals surface area contributed by atoms with E-state index in [2.05, 4.69) is 47.4 Å². The largest absolute Gasteiger partial charge is 0.493 e. The topological polar surface area (TPSA) is 59.9 Å². The lowest BCUT2D eigenvalue weighted by molar-refractivity contribution is 0.318. The Hall–Kier alpha value is -2.82. The maximum Gasteiger partial charge on any atom is 0.254 e. The van der Waals surface area contributed by atoms with E-state index >= 15 is 0 Å². The molecule has 5 heteroatoms. The Balaban J connectivity index is 2.20. The van der Waals surface area contributed by atoms with Crippen molar-refractivity contribution in [3.63, 3.8) is 0 Å². The van der Waals surface area contributed by atoms with Crippen molar-refractivity contribution in [2.45, 2.75) is 41.0 Å². The molecule has 1 N–H and O–H groups in total. The van der Waals surface area contributed by atoms with Crippen molar-refractivity contribution in [3.8, 4) is 22.8 Å². The molecule has 0 amide bonds. The number of hydrogen-bond acceptors (Lipinski definition) is 3.